The van der Waals surface area contributed by atoms with Gasteiger partial charge in [-0.15, -0.1) is 0 Å². The number of aliphatic hydroxyl groups is 1. The van der Waals surface area contributed by atoms with E-state index in [1.54, 1.807) is 14.2 Å². The maximum atomic E-state index is 12.4. The second kappa shape index (κ2) is 7.99. The van der Waals surface area contributed by atoms with E-state index in [1.807, 2.05) is 19.9 Å². The fraction of sp³-hybridized carbons (Fsp3) is 0.682. The molecule has 0 saturated heterocycles. The molecule has 4 heteroatoms. The molecule has 1 N–H and O–H groups in total. The number of ketones is 1. The van der Waals surface area contributed by atoms with Gasteiger partial charge in [0, 0.05) is 23.8 Å². The molecule has 0 heterocycles. The number of rotatable bonds is 4. The Morgan fingerprint density at radius 3 is 2.50 bits per heavy atom. The molecule has 0 aromatic heterocycles. The standard InChI is InChI=1S/C20H28O4.C2H6/c1-5-9-19-12-15(21)8-10-20(19,22)13(2)11-14-6-7-16(23-3)18(24-4)17(14)19;1-2/h6-7,13,22H,5,8-12H2,1-4H3;1-2H3. The van der Waals surface area contributed by atoms with Gasteiger partial charge >= 0.3 is 0 Å². The first-order chi connectivity index (χ1) is 12.4. The predicted molar refractivity (Wildman–Crippen MR) is 104 cm³/mol. The Morgan fingerprint density at radius 1 is 1.23 bits per heavy atom. The van der Waals surface area contributed by atoms with Crippen molar-refractivity contribution in [1.29, 1.82) is 0 Å². The molecule has 4 nitrogen and oxygen atoms in total. The van der Waals surface area contributed by atoms with Crippen molar-refractivity contribution < 1.29 is 19.4 Å². The average Bonchev–Trinajstić information content (AvgIpc) is 2.65. The van der Waals surface area contributed by atoms with Crippen LogP contribution in [0.1, 0.15) is 70.9 Å². The van der Waals surface area contributed by atoms with Gasteiger partial charge in [-0.1, -0.05) is 40.2 Å². The van der Waals surface area contributed by atoms with Crippen LogP contribution in [0.3, 0.4) is 0 Å². The normalized spacial score (nSPS) is 29.8. The molecule has 3 atom stereocenters. The van der Waals surface area contributed by atoms with Gasteiger partial charge in [0.2, 0.25) is 0 Å². The van der Waals surface area contributed by atoms with E-state index < -0.39 is 11.0 Å². The van der Waals surface area contributed by atoms with Crippen LogP contribution in [-0.4, -0.2) is 30.7 Å². The second-order valence-electron chi connectivity index (χ2n) is 7.41. The number of ether oxygens (including phenoxy) is 2. The van der Waals surface area contributed by atoms with Gasteiger partial charge in [0.1, 0.15) is 5.78 Å². The van der Waals surface area contributed by atoms with Crippen molar-refractivity contribution in [2.75, 3.05) is 14.2 Å². The first-order valence-electron chi connectivity index (χ1n) is 9.92. The van der Waals surface area contributed by atoms with Crippen molar-refractivity contribution in [3.63, 3.8) is 0 Å². The van der Waals surface area contributed by atoms with Crippen LogP contribution in [0.25, 0.3) is 0 Å². The molecule has 1 aromatic carbocycles. The lowest BCUT2D eigenvalue weighted by atomic mass is 9.49. The summed E-state index contributed by atoms with van der Waals surface area (Å²) in [7, 11) is 3.26. The molecule has 2 aliphatic carbocycles. The molecule has 0 spiro atoms. The Hall–Kier alpha value is -1.55. The van der Waals surface area contributed by atoms with Crippen molar-refractivity contribution >= 4 is 5.78 Å². The van der Waals surface area contributed by atoms with E-state index in [0.717, 1.165) is 24.8 Å². The van der Waals surface area contributed by atoms with Crippen molar-refractivity contribution in [2.45, 2.75) is 77.2 Å². The Morgan fingerprint density at radius 2 is 1.92 bits per heavy atom. The molecule has 1 aromatic rings. The average molecular weight is 363 g/mol. The lowest BCUT2D eigenvalue weighted by Crippen LogP contribution is -2.62. The Balaban J connectivity index is 0.00000117. The minimum atomic E-state index is -0.871. The summed E-state index contributed by atoms with van der Waals surface area (Å²) in [5, 5.41) is 11.7. The minimum absolute atomic E-state index is 0.114. The summed E-state index contributed by atoms with van der Waals surface area (Å²) in [4.78, 5) is 12.4. The third-order valence-electron chi connectivity index (χ3n) is 6.24. The first-order valence-corrected chi connectivity index (χ1v) is 9.92. The van der Waals surface area contributed by atoms with E-state index in [0.29, 0.717) is 30.8 Å². The van der Waals surface area contributed by atoms with Crippen LogP contribution in [0.2, 0.25) is 0 Å². The summed E-state index contributed by atoms with van der Waals surface area (Å²) in [5.41, 5.74) is 0.723. The Kier molecular flexibility index (Phi) is 6.38. The van der Waals surface area contributed by atoms with E-state index in [-0.39, 0.29) is 11.7 Å². The monoisotopic (exact) mass is 362 g/mol. The third-order valence-corrected chi connectivity index (χ3v) is 6.24. The molecule has 3 rings (SSSR count). The number of methoxy groups -OCH3 is 2. The van der Waals surface area contributed by atoms with Crippen molar-refractivity contribution in [1.82, 2.24) is 0 Å². The lowest BCUT2D eigenvalue weighted by molar-refractivity contribution is -0.148. The van der Waals surface area contributed by atoms with Gasteiger partial charge in [-0.25, -0.2) is 0 Å². The number of Topliss-reactive ketones (excluding diaryl/α,β-unsaturated/α-hetero) is 1. The Labute approximate surface area is 157 Å². The number of fused-ring (bicyclic) bond motifs is 3. The van der Waals surface area contributed by atoms with E-state index in [9.17, 15) is 9.90 Å². The molecule has 0 amide bonds. The van der Waals surface area contributed by atoms with Gasteiger partial charge in [-0.05, 0) is 36.8 Å². The highest BCUT2D eigenvalue weighted by Crippen LogP contribution is 2.59. The van der Waals surface area contributed by atoms with Crippen LogP contribution < -0.4 is 9.47 Å². The molecule has 0 radical (unpaired) electrons. The lowest BCUT2D eigenvalue weighted by Gasteiger charge is -2.57. The maximum absolute atomic E-state index is 12.4. The number of hydrogen-bond donors (Lipinski definition) is 1. The number of carbonyl (C=O) groups is 1. The molecule has 1 fully saturated rings. The highest BCUT2D eigenvalue weighted by molar-refractivity contribution is 5.82. The minimum Gasteiger partial charge on any atom is -0.493 e. The quantitative estimate of drug-likeness (QED) is 0.860. The van der Waals surface area contributed by atoms with Crippen LogP contribution in [0.4, 0.5) is 0 Å². The van der Waals surface area contributed by atoms with Crippen LogP contribution >= 0.6 is 0 Å². The largest absolute Gasteiger partial charge is 0.493 e. The highest BCUT2D eigenvalue weighted by atomic mass is 16.5. The van der Waals surface area contributed by atoms with Gasteiger partial charge < -0.3 is 14.6 Å². The summed E-state index contributed by atoms with van der Waals surface area (Å²) in [6, 6.07) is 4.00. The molecule has 0 aliphatic heterocycles. The highest BCUT2D eigenvalue weighted by Gasteiger charge is 2.60. The number of benzene rings is 1. The van der Waals surface area contributed by atoms with Crippen molar-refractivity contribution in [2.24, 2.45) is 5.92 Å². The van der Waals surface area contributed by atoms with E-state index in [4.69, 9.17) is 9.47 Å². The Bertz CT molecular complexity index is 654. The van der Waals surface area contributed by atoms with Crippen LogP contribution in [0, 0.1) is 5.92 Å². The van der Waals surface area contributed by atoms with E-state index in [1.165, 1.54) is 5.56 Å². The van der Waals surface area contributed by atoms with Crippen molar-refractivity contribution in [3.8, 4) is 11.5 Å². The molecule has 146 valence electrons. The summed E-state index contributed by atoms with van der Waals surface area (Å²) in [6.45, 7) is 8.22. The van der Waals surface area contributed by atoms with Gasteiger partial charge in [-0.2, -0.15) is 0 Å². The van der Waals surface area contributed by atoms with Gasteiger partial charge in [0.15, 0.2) is 11.5 Å². The van der Waals surface area contributed by atoms with Gasteiger partial charge in [0.05, 0.1) is 19.8 Å². The van der Waals surface area contributed by atoms with Crippen LogP contribution in [-0.2, 0) is 16.6 Å². The zero-order valence-electron chi connectivity index (χ0n) is 17.1. The zero-order chi connectivity index (χ0) is 19.5. The van der Waals surface area contributed by atoms with Crippen LogP contribution in [0.15, 0.2) is 12.1 Å². The fourth-order valence-corrected chi connectivity index (χ4v) is 5.19. The molecule has 0 bridgehead atoms. The fourth-order valence-electron chi connectivity index (χ4n) is 5.19. The molecule has 2 aliphatic rings. The van der Waals surface area contributed by atoms with Crippen molar-refractivity contribution in [3.05, 3.63) is 23.3 Å². The summed E-state index contributed by atoms with van der Waals surface area (Å²) < 4.78 is 11.2. The van der Waals surface area contributed by atoms with Gasteiger partial charge in [0.25, 0.3) is 0 Å². The number of hydrogen-bond acceptors (Lipinski definition) is 4. The van der Waals surface area contributed by atoms with Gasteiger partial charge in [-0.3, -0.25) is 4.79 Å². The molecule has 1 saturated carbocycles. The molecular weight excluding hydrogens is 328 g/mol. The number of carbonyl (C=O) groups excluding carboxylic acids is 1. The van der Waals surface area contributed by atoms with E-state index >= 15 is 0 Å². The summed E-state index contributed by atoms with van der Waals surface area (Å²) >= 11 is 0. The third kappa shape index (κ3) is 2.92. The van der Waals surface area contributed by atoms with Crippen LogP contribution in [0.5, 0.6) is 11.5 Å². The predicted octanol–water partition coefficient (Wildman–Crippen LogP) is 4.44. The smallest absolute Gasteiger partial charge is 0.164 e. The molecule has 26 heavy (non-hydrogen) atoms. The zero-order valence-corrected chi connectivity index (χ0v) is 17.1. The van der Waals surface area contributed by atoms with E-state index in [2.05, 4.69) is 19.9 Å². The SMILES string of the molecule is CC.CCCC12CC(=O)CCC1(O)C(C)Cc1ccc(OC)c(OC)c12. The molecular formula is C22H34O4. The molecule has 3 unspecified atom stereocenters. The summed E-state index contributed by atoms with van der Waals surface area (Å²) in [5.74, 6) is 1.70. The first kappa shape index (κ1) is 20.8. The second-order valence-corrected chi connectivity index (χ2v) is 7.41. The topological polar surface area (TPSA) is 55.8 Å². The summed E-state index contributed by atoms with van der Waals surface area (Å²) in [6.07, 6.45) is 3.86. The maximum Gasteiger partial charge on any atom is 0.164 e.